The summed E-state index contributed by atoms with van der Waals surface area (Å²) in [5.41, 5.74) is 0.387. The van der Waals surface area contributed by atoms with Crippen molar-refractivity contribution in [1.29, 1.82) is 0 Å². The van der Waals surface area contributed by atoms with Gasteiger partial charge < -0.3 is 19.7 Å². The number of rotatable bonds is 5. The maximum absolute atomic E-state index is 6.30. The highest BCUT2D eigenvalue weighted by Crippen LogP contribution is 2.60. The van der Waals surface area contributed by atoms with E-state index in [1.165, 1.54) is 57.8 Å². The molecule has 3 unspecified atom stereocenters. The number of hydrogen-bond acceptors (Lipinski definition) is 3. The molecule has 0 aromatic heterocycles. The molecule has 5 heteroatoms. The summed E-state index contributed by atoms with van der Waals surface area (Å²) >= 11 is 0. The summed E-state index contributed by atoms with van der Waals surface area (Å²) in [5, 5.41) is 3.97. The Morgan fingerprint density at radius 2 is 1.83 bits per heavy atom. The first kappa shape index (κ1) is 20.1. The molecule has 0 aromatic rings. The summed E-state index contributed by atoms with van der Waals surface area (Å²) in [6, 6.07) is 0.569. The second-order valence-corrected chi connectivity index (χ2v) is 10.3. The van der Waals surface area contributed by atoms with E-state index in [0.29, 0.717) is 29.6 Å². The minimum atomic E-state index is 0.387. The fourth-order valence-electron chi connectivity index (χ4n) is 7.11. The number of fused-ring (bicyclic) bond motifs is 2. The Hall–Kier alpha value is -0.810. The molecule has 0 amide bonds. The molecule has 5 nitrogen and oxygen atoms in total. The van der Waals surface area contributed by atoms with Gasteiger partial charge in [-0.3, -0.25) is 4.99 Å². The lowest BCUT2D eigenvalue weighted by molar-refractivity contribution is -0.125. The molecule has 5 rings (SSSR count). The molecule has 1 N–H and O–H groups in total. The molecule has 2 saturated heterocycles. The van der Waals surface area contributed by atoms with E-state index >= 15 is 0 Å². The van der Waals surface area contributed by atoms with Crippen molar-refractivity contribution in [1.82, 2.24) is 10.2 Å². The average molecular weight is 404 g/mol. The summed E-state index contributed by atoms with van der Waals surface area (Å²) in [6.45, 7) is 7.11. The minimum Gasteiger partial charge on any atom is -0.378 e. The number of aliphatic imine (C=N–C) groups is 1. The summed E-state index contributed by atoms with van der Waals surface area (Å²) < 4.78 is 12.5. The third-order valence-corrected chi connectivity index (χ3v) is 8.66. The molecule has 3 aliphatic carbocycles. The van der Waals surface area contributed by atoms with Crippen LogP contribution in [0.5, 0.6) is 0 Å². The summed E-state index contributed by atoms with van der Waals surface area (Å²) in [5.74, 6) is 2.68. The van der Waals surface area contributed by atoms with Crippen LogP contribution in [-0.2, 0) is 9.47 Å². The molecule has 5 aliphatic rings. The smallest absolute Gasteiger partial charge is 0.194 e. The molecular formula is C24H41N3O2. The highest BCUT2D eigenvalue weighted by Gasteiger charge is 2.65. The standard InChI is InChI=1S/C24H41N3O2/c1-2-25-23(26-21-20-11-16-28-22(20)24(21)12-5-6-13-24)27-14-9-19(10-15-27)29-17-18-7-3-4-8-18/h18-22H,2-17H2,1H3,(H,25,26). The highest BCUT2D eigenvalue weighted by molar-refractivity contribution is 5.80. The SMILES string of the molecule is CCN=C(NC1C2CCOC2C12CCCC2)N1CCC(OCC2CCCC2)CC1. The number of guanidine groups is 1. The number of piperidine rings is 1. The molecule has 5 fully saturated rings. The highest BCUT2D eigenvalue weighted by atomic mass is 16.5. The van der Waals surface area contributed by atoms with Gasteiger partial charge in [-0.25, -0.2) is 0 Å². The zero-order valence-electron chi connectivity index (χ0n) is 18.4. The van der Waals surface area contributed by atoms with E-state index in [2.05, 4.69) is 17.1 Å². The van der Waals surface area contributed by atoms with Gasteiger partial charge in [0.15, 0.2) is 5.96 Å². The van der Waals surface area contributed by atoms with Gasteiger partial charge in [0.25, 0.3) is 0 Å². The molecule has 0 bridgehead atoms. The third-order valence-electron chi connectivity index (χ3n) is 8.66. The predicted molar refractivity (Wildman–Crippen MR) is 116 cm³/mol. The van der Waals surface area contributed by atoms with Crippen LogP contribution in [0.4, 0.5) is 0 Å². The van der Waals surface area contributed by atoms with Crippen molar-refractivity contribution in [2.75, 3.05) is 32.8 Å². The predicted octanol–water partition coefficient (Wildman–Crippen LogP) is 3.97. The number of nitrogens with one attached hydrogen (secondary N) is 1. The number of ether oxygens (including phenoxy) is 2. The molecule has 164 valence electrons. The third kappa shape index (κ3) is 3.82. The van der Waals surface area contributed by atoms with E-state index < -0.39 is 0 Å². The van der Waals surface area contributed by atoms with Gasteiger partial charge in [-0.1, -0.05) is 25.7 Å². The second kappa shape index (κ2) is 8.74. The van der Waals surface area contributed by atoms with Gasteiger partial charge in [0.2, 0.25) is 0 Å². The van der Waals surface area contributed by atoms with E-state index in [1.807, 2.05) is 0 Å². The van der Waals surface area contributed by atoms with Crippen LogP contribution in [-0.4, -0.2) is 62.0 Å². The fraction of sp³-hybridized carbons (Fsp3) is 0.958. The van der Waals surface area contributed by atoms with Crippen molar-refractivity contribution in [2.24, 2.45) is 22.2 Å². The lowest BCUT2D eigenvalue weighted by atomic mass is 9.54. The first-order valence-electron chi connectivity index (χ1n) is 12.6. The quantitative estimate of drug-likeness (QED) is 0.557. The minimum absolute atomic E-state index is 0.387. The topological polar surface area (TPSA) is 46.1 Å². The zero-order chi connectivity index (χ0) is 19.7. The second-order valence-electron chi connectivity index (χ2n) is 10.3. The molecule has 2 heterocycles. The summed E-state index contributed by atoms with van der Waals surface area (Å²) in [4.78, 5) is 7.43. The largest absolute Gasteiger partial charge is 0.378 e. The van der Waals surface area contributed by atoms with Crippen LogP contribution in [0.3, 0.4) is 0 Å². The van der Waals surface area contributed by atoms with Crippen molar-refractivity contribution in [3.05, 3.63) is 0 Å². The van der Waals surface area contributed by atoms with Crippen molar-refractivity contribution in [3.8, 4) is 0 Å². The van der Waals surface area contributed by atoms with E-state index in [1.54, 1.807) is 0 Å². The molecule has 1 spiro atoms. The first-order chi connectivity index (χ1) is 14.3. The van der Waals surface area contributed by atoms with Crippen molar-refractivity contribution >= 4 is 5.96 Å². The van der Waals surface area contributed by atoms with Crippen LogP contribution >= 0.6 is 0 Å². The van der Waals surface area contributed by atoms with Crippen molar-refractivity contribution < 1.29 is 9.47 Å². The Morgan fingerprint density at radius 3 is 2.55 bits per heavy atom. The van der Waals surface area contributed by atoms with Crippen LogP contribution in [0, 0.1) is 17.3 Å². The number of likely N-dealkylation sites (tertiary alicyclic amines) is 1. The molecule has 0 aromatic carbocycles. The molecule has 2 aliphatic heterocycles. The van der Waals surface area contributed by atoms with Gasteiger partial charge in [-0.05, 0) is 57.8 Å². The van der Waals surface area contributed by atoms with E-state index in [-0.39, 0.29) is 0 Å². The number of nitrogens with zero attached hydrogens (tertiary/aromatic N) is 2. The first-order valence-corrected chi connectivity index (χ1v) is 12.6. The van der Waals surface area contributed by atoms with Crippen LogP contribution in [0.1, 0.15) is 77.6 Å². The summed E-state index contributed by atoms with van der Waals surface area (Å²) in [6.07, 6.45) is 15.5. The Labute approximate surface area is 177 Å². The molecular weight excluding hydrogens is 362 g/mol. The Balaban J connectivity index is 1.16. The van der Waals surface area contributed by atoms with Crippen molar-refractivity contribution in [2.45, 2.75) is 95.8 Å². The van der Waals surface area contributed by atoms with Crippen molar-refractivity contribution in [3.63, 3.8) is 0 Å². The van der Waals surface area contributed by atoms with Gasteiger partial charge in [0.1, 0.15) is 0 Å². The van der Waals surface area contributed by atoms with Crippen LogP contribution in [0.2, 0.25) is 0 Å². The van der Waals surface area contributed by atoms with E-state index in [4.69, 9.17) is 14.5 Å². The zero-order valence-corrected chi connectivity index (χ0v) is 18.4. The lowest BCUT2D eigenvalue weighted by Gasteiger charge is -2.57. The fourth-order valence-corrected chi connectivity index (χ4v) is 7.11. The molecule has 0 radical (unpaired) electrons. The molecule has 3 atom stereocenters. The normalized spacial score (nSPS) is 35.3. The molecule has 29 heavy (non-hydrogen) atoms. The maximum atomic E-state index is 6.30. The van der Waals surface area contributed by atoms with E-state index in [0.717, 1.165) is 57.6 Å². The van der Waals surface area contributed by atoms with Gasteiger partial charge >= 0.3 is 0 Å². The Bertz CT molecular complexity index is 575. The monoisotopic (exact) mass is 403 g/mol. The van der Waals surface area contributed by atoms with Gasteiger partial charge in [0, 0.05) is 50.2 Å². The Morgan fingerprint density at radius 1 is 1.07 bits per heavy atom. The van der Waals surface area contributed by atoms with Crippen LogP contribution in [0.15, 0.2) is 4.99 Å². The average Bonchev–Trinajstić information content (AvgIpc) is 3.51. The lowest BCUT2D eigenvalue weighted by Crippen LogP contribution is -2.69. The van der Waals surface area contributed by atoms with Gasteiger partial charge in [0.05, 0.1) is 12.2 Å². The van der Waals surface area contributed by atoms with Gasteiger partial charge in [-0.15, -0.1) is 0 Å². The summed E-state index contributed by atoms with van der Waals surface area (Å²) in [7, 11) is 0. The molecule has 3 saturated carbocycles. The Kier molecular flexibility index (Phi) is 6.06. The number of hydrogen-bond donors (Lipinski definition) is 1. The van der Waals surface area contributed by atoms with Gasteiger partial charge in [-0.2, -0.15) is 0 Å². The van der Waals surface area contributed by atoms with Crippen LogP contribution in [0.25, 0.3) is 0 Å². The van der Waals surface area contributed by atoms with E-state index in [9.17, 15) is 0 Å². The maximum Gasteiger partial charge on any atom is 0.194 e. The van der Waals surface area contributed by atoms with Crippen LogP contribution < -0.4 is 5.32 Å².